The monoisotopic (exact) mass is 233 g/mol. The molecule has 1 fully saturated rings. The molecule has 0 aromatic rings. The van der Waals surface area contributed by atoms with Crippen molar-refractivity contribution in [3.8, 4) is 0 Å². The smallest absolute Gasteiger partial charge is 0.237 e. The van der Waals surface area contributed by atoms with Crippen LogP contribution in [0.2, 0.25) is 0 Å². The minimum atomic E-state index is -1.44. The number of rotatable bonds is 4. The third kappa shape index (κ3) is 2.89. The second kappa shape index (κ2) is 6.10. The van der Waals surface area contributed by atoms with Crippen LogP contribution in [-0.4, -0.2) is 70.9 Å². The standard InChI is InChI=1S/C9H15NO6/c1-10-2-3-15-9-8(14)7(13)6(12)5(4-11)16-9/h5-9,11-14H,2-4H2/t5-,6-,7+,8+,9?/m1/s1. The van der Waals surface area contributed by atoms with Gasteiger partial charge in [0.15, 0.2) is 6.29 Å². The van der Waals surface area contributed by atoms with Crippen molar-refractivity contribution in [2.75, 3.05) is 19.8 Å². The Kier molecular flexibility index (Phi) is 5.08. The summed E-state index contributed by atoms with van der Waals surface area (Å²) in [5.74, 6) is 0. The molecule has 0 bridgehead atoms. The number of hydrogen-bond acceptors (Lipinski definition) is 6. The highest BCUT2D eigenvalue weighted by Crippen LogP contribution is 2.21. The average molecular weight is 233 g/mol. The van der Waals surface area contributed by atoms with Crippen LogP contribution in [0, 0.1) is 6.57 Å². The van der Waals surface area contributed by atoms with Gasteiger partial charge in [0, 0.05) is 0 Å². The highest BCUT2D eigenvalue weighted by molar-refractivity contribution is 4.88. The molecule has 0 saturated carbocycles. The van der Waals surface area contributed by atoms with Crippen molar-refractivity contribution in [2.45, 2.75) is 30.7 Å². The Morgan fingerprint density at radius 3 is 2.44 bits per heavy atom. The van der Waals surface area contributed by atoms with Gasteiger partial charge in [-0.15, -0.1) is 0 Å². The molecule has 0 amide bonds. The van der Waals surface area contributed by atoms with E-state index in [1.165, 1.54) is 0 Å². The first-order valence-electron chi connectivity index (χ1n) is 4.87. The topological polar surface area (TPSA) is 104 Å². The molecule has 0 spiro atoms. The Labute approximate surface area is 92.7 Å². The predicted molar refractivity (Wildman–Crippen MR) is 51.2 cm³/mol. The van der Waals surface area contributed by atoms with Crippen molar-refractivity contribution in [1.29, 1.82) is 0 Å². The molecule has 5 atom stereocenters. The van der Waals surface area contributed by atoms with Gasteiger partial charge in [-0.1, -0.05) is 0 Å². The minimum Gasteiger partial charge on any atom is -0.394 e. The molecule has 1 rings (SSSR count). The number of ether oxygens (including phenoxy) is 2. The zero-order chi connectivity index (χ0) is 12.1. The highest BCUT2D eigenvalue weighted by Gasteiger charge is 2.43. The fraction of sp³-hybridized carbons (Fsp3) is 0.889. The molecule has 7 heteroatoms. The number of aliphatic hydroxyl groups is 4. The molecule has 1 unspecified atom stereocenters. The molecule has 16 heavy (non-hydrogen) atoms. The molecule has 1 aliphatic heterocycles. The summed E-state index contributed by atoms with van der Waals surface area (Å²) in [6.07, 6.45) is -6.35. The molecule has 7 nitrogen and oxygen atoms in total. The van der Waals surface area contributed by atoms with E-state index in [9.17, 15) is 15.3 Å². The summed E-state index contributed by atoms with van der Waals surface area (Å²) in [4.78, 5) is 3.04. The number of nitrogens with zero attached hydrogens (tertiary/aromatic N) is 1. The quantitative estimate of drug-likeness (QED) is 0.322. The molecule has 1 saturated heterocycles. The van der Waals surface area contributed by atoms with Crippen LogP contribution >= 0.6 is 0 Å². The molecular formula is C9H15NO6. The molecule has 92 valence electrons. The largest absolute Gasteiger partial charge is 0.394 e. The number of hydrogen-bond donors (Lipinski definition) is 4. The van der Waals surface area contributed by atoms with Crippen LogP contribution < -0.4 is 0 Å². The SMILES string of the molecule is [C-]#[N+]CCOC1O[C@H](CO)[C@@H](O)[C@H](O)[C@@H]1O. The van der Waals surface area contributed by atoms with Crippen LogP contribution in [0.1, 0.15) is 0 Å². The number of aliphatic hydroxyl groups excluding tert-OH is 4. The van der Waals surface area contributed by atoms with Crippen molar-refractivity contribution < 1.29 is 29.9 Å². The van der Waals surface area contributed by atoms with E-state index in [0.29, 0.717) is 0 Å². The van der Waals surface area contributed by atoms with Crippen LogP contribution in [0.25, 0.3) is 4.85 Å². The van der Waals surface area contributed by atoms with Crippen LogP contribution in [0.4, 0.5) is 0 Å². The van der Waals surface area contributed by atoms with Crippen molar-refractivity contribution in [2.24, 2.45) is 0 Å². The van der Waals surface area contributed by atoms with Crippen molar-refractivity contribution in [3.05, 3.63) is 11.4 Å². The zero-order valence-corrected chi connectivity index (χ0v) is 8.56. The van der Waals surface area contributed by atoms with Gasteiger partial charge in [0.05, 0.1) is 6.61 Å². The third-order valence-electron chi connectivity index (χ3n) is 2.33. The Bertz CT molecular complexity index is 253. The van der Waals surface area contributed by atoms with E-state index in [2.05, 4.69) is 4.85 Å². The normalized spacial score (nSPS) is 39.3. The molecule has 1 aliphatic rings. The predicted octanol–water partition coefficient (Wildman–Crippen LogP) is -2.28. The lowest BCUT2D eigenvalue weighted by Gasteiger charge is -2.39. The highest BCUT2D eigenvalue weighted by atomic mass is 16.7. The van der Waals surface area contributed by atoms with E-state index in [1.807, 2.05) is 0 Å². The lowest BCUT2D eigenvalue weighted by molar-refractivity contribution is -0.300. The molecule has 4 N–H and O–H groups in total. The lowest BCUT2D eigenvalue weighted by atomic mass is 9.99. The lowest BCUT2D eigenvalue weighted by Crippen LogP contribution is -2.59. The maximum Gasteiger partial charge on any atom is 0.237 e. The van der Waals surface area contributed by atoms with Gasteiger partial charge in [-0.25, -0.2) is 6.57 Å². The van der Waals surface area contributed by atoms with Gasteiger partial charge in [-0.2, -0.15) is 0 Å². The van der Waals surface area contributed by atoms with Crippen LogP contribution in [0.5, 0.6) is 0 Å². The molecule has 0 aromatic heterocycles. The van der Waals surface area contributed by atoms with E-state index in [1.54, 1.807) is 0 Å². The summed E-state index contributed by atoms with van der Waals surface area (Å²) >= 11 is 0. The molecule has 0 aromatic carbocycles. The van der Waals surface area contributed by atoms with Gasteiger partial charge in [-0.3, -0.25) is 0 Å². The molecular weight excluding hydrogens is 218 g/mol. The minimum absolute atomic E-state index is 0.0478. The fourth-order valence-corrected chi connectivity index (χ4v) is 1.42. The Morgan fingerprint density at radius 1 is 1.19 bits per heavy atom. The maximum atomic E-state index is 9.50. The van der Waals surface area contributed by atoms with E-state index >= 15 is 0 Å². The van der Waals surface area contributed by atoms with Gasteiger partial charge in [0.25, 0.3) is 0 Å². The summed E-state index contributed by atoms with van der Waals surface area (Å²) in [7, 11) is 0. The molecule has 0 radical (unpaired) electrons. The van der Waals surface area contributed by atoms with Crippen molar-refractivity contribution in [3.63, 3.8) is 0 Å². The van der Waals surface area contributed by atoms with Crippen LogP contribution in [0.3, 0.4) is 0 Å². The van der Waals surface area contributed by atoms with Gasteiger partial charge < -0.3 is 34.7 Å². The first kappa shape index (κ1) is 13.3. The second-order valence-electron chi connectivity index (χ2n) is 3.45. The van der Waals surface area contributed by atoms with Gasteiger partial charge in [0.1, 0.15) is 31.0 Å². The summed E-state index contributed by atoms with van der Waals surface area (Å²) in [6, 6.07) is 0. The Morgan fingerprint density at radius 2 is 1.88 bits per heavy atom. The van der Waals surface area contributed by atoms with E-state index in [4.69, 9.17) is 21.2 Å². The van der Waals surface area contributed by atoms with Crippen LogP contribution in [0.15, 0.2) is 0 Å². The summed E-state index contributed by atoms with van der Waals surface area (Å²) in [5.41, 5.74) is 0. The van der Waals surface area contributed by atoms with E-state index in [0.717, 1.165) is 0 Å². The maximum absolute atomic E-state index is 9.50. The van der Waals surface area contributed by atoms with E-state index < -0.39 is 37.3 Å². The van der Waals surface area contributed by atoms with Crippen molar-refractivity contribution in [1.82, 2.24) is 0 Å². The summed E-state index contributed by atoms with van der Waals surface area (Å²) in [6.45, 7) is 6.19. The molecule has 0 aliphatic carbocycles. The third-order valence-corrected chi connectivity index (χ3v) is 2.33. The van der Waals surface area contributed by atoms with Crippen molar-refractivity contribution >= 4 is 0 Å². The second-order valence-corrected chi connectivity index (χ2v) is 3.45. The first-order chi connectivity index (χ1) is 7.61. The summed E-state index contributed by atoms with van der Waals surface area (Å²) in [5, 5.41) is 37.2. The Balaban J connectivity index is 2.54. The first-order valence-corrected chi connectivity index (χ1v) is 4.87. The summed E-state index contributed by atoms with van der Waals surface area (Å²) < 4.78 is 10.1. The van der Waals surface area contributed by atoms with Gasteiger partial charge in [0.2, 0.25) is 6.54 Å². The van der Waals surface area contributed by atoms with E-state index in [-0.39, 0.29) is 13.2 Å². The van der Waals surface area contributed by atoms with Gasteiger partial charge >= 0.3 is 0 Å². The zero-order valence-electron chi connectivity index (χ0n) is 8.56. The molecule has 1 heterocycles. The average Bonchev–Trinajstić information content (AvgIpc) is 2.29. The fourth-order valence-electron chi connectivity index (χ4n) is 1.42. The van der Waals surface area contributed by atoms with Crippen LogP contribution in [-0.2, 0) is 9.47 Å². The van der Waals surface area contributed by atoms with Gasteiger partial charge in [-0.05, 0) is 0 Å². The Hall–Kier alpha value is -0.750.